The van der Waals surface area contributed by atoms with Gasteiger partial charge in [0.1, 0.15) is 0 Å². The molecule has 0 aliphatic heterocycles. The summed E-state index contributed by atoms with van der Waals surface area (Å²) < 4.78 is 10.4. The fraction of sp³-hybridized carbons (Fsp3) is 0.250. The van der Waals surface area contributed by atoms with Crippen molar-refractivity contribution in [1.29, 1.82) is 0 Å². The van der Waals surface area contributed by atoms with Crippen molar-refractivity contribution < 1.29 is 19.1 Å². The molecule has 1 aromatic heterocycles. The van der Waals surface area contributed by atoms with E-state index in [2.05, 4.69) is 0 Å². The maximum Gasteiger partial charge on any atom is 0.371 e. The Morgan fingerprint density at radius 2 is 2.19 bits per heavy atom. The van der Waals surface area contributed by atoms with Crippen molar-refractivity contribution in [1.82, 2.24) is 0 Å². The number of hydrogen-bond acceptors (Lipinski definition) is 3. The quantitative estimate of drug-likeness (QED) is 0.863. The number of ether oxygens (including phenoxy) is 1. The van der Waals surface area contributed by atoms with Gasteiger partial charge in [-0.1, -0.05) is 6.92 Å². The van der Waals surface area contributed by atoms with Crippen LogP contribution in [-0.4, -0.2) is 18.2 Å². The number of carboxylic acid groups (broad SMARTS) is 1. The molecule has 1 heterocycles. The predicted molar refractivity (Wildman–Crippen MR) is 59.1 cm³/mol. The zero-order chi connectivity index (χ0) is 11.7. The van der Waals surface area contributed by atoms with E-state index in [1.54, 1.807) is 0 Å². The molecule has 2 rings (SSSR count). The molecule has 0 fully saturated rings. The largest absolute Gasteiger partial charge is 0.493 e. The Balaban J connectivity index is 2.69. The van der Waals surface area contributed by atoms with E-state index in [-0.39, 0.29) is 5.76 Å². The van der Waals surface area contributed by atoms with Crippen molar-refractivity contribution in [2.75, 3.05) is 7.11 Å². The van der Waals surface area contributed by atoms with E-state index in [0.717, 1.165) is 17.4 Å². The molecule has 4 nitrogen and oxygen atoms in total. The standard InChI is InChI=1S/C12H12O4/c1-3-7-4-8-6-10(12(13)14)16-11(8)9(5-7)15-2/h4-6H,3H2,1-2H3,(H,13,14). The average Bonchev–Trinajstić information content (AvgIpc) is 2.71. The third-order valence-electron chi connectivity index (χ3n) is 2.48. The number of carbonyl (C=O) groups is 1. The topological polar surface area (TPSA) is 59.7 Å². The number of rotatable bonds is 3. The summed E-state index contributed by atoms with van der Waals surface area (Å²) in [6, 6.07) is 5.28. The number of methoxy groups -OCH3 is 1. The number of hydrogen-bond donors (Lipinski definition) is 1. The average molecular weight is 220 g/mol. The summed E-state index contributed by atoms with van der Waals surface area (Å²) in [7, 11) is 1.54. The number of benzene rings is 1. The predicted octanol–water partition coefficient (Wildman–Crippen LogP) is 2.70. The van der Waals surface area contributed by atoms with E-state index < -0.39 is 5.97 Å². The molecule has 2 aromatic rings. The highest BCUT2D eigenvalue weighted by Crippen LogP contribution is 2.30. The molecule has 0 saturated carbocycles. The second-order valence-corrected chi connectivity index (χ2v) is 3.49. The number of aromatic carboxylic acids is 1. The summed E-state index contributed by atoms with van der Waals surface area (Å²) in [6.07, 6.45) is 0.861. The van der Waals surface area contributed by atoms with Gasteiger partial charge in [0.25, 0.3) is 0 Å². The minimum Gasteiger partial charge on any atom is -0.493 e. The second kappa shape index (κ2) is 3.89. The smallest absolute Gasteiger partial charge is 0.371 e. The Morgan fingerprint density at radius 3 is 2.75 bits per heavy atom. The number of aryl methyl sites for hydroxylation is 1. The van der Waals surface area contributed by atoms with Crippen LogP contribution >= 0.6 is 0 Å². The summed E-state index contributed by atoms with van der Waals surface area (Å²) in [6.45, 7) is 2.03. The fourth-order valence-corrected chi connectivity index (χ4v) is 1.64. The van der Waals surface area contributed by atoms with Crippen LogP contribution in [0.2, 0.25) is 0 Å². The number of furan rings is 1. The lowest BCUT2D eigenvalue weighted by Gasteiger charge is -2.03. The molecule has 4 heteroatoms. The van der Waals surface area contributed by atoms with Gasteiger partial charge in [0.2, 0.25) is 5.76 Å². The molecule has 0 spiro atoms. The van der Waals surface area contributed by atoms with Gasteiger partial charge in [-0.3, -0.25) is 0 Å². The lowest BCUT2D eigenvalue weighted by molar-refractivity contribution is 0.0665. The summed E-state index contributed by atoms with van der Waals surface area (Å²) in [5.41, 5.74) is 1.57. The zero-order valence-electron chi connectivity index (χ0n) is 9.11. The molecule has 84 valence electrons. The molecule has 0 radical (unpaired) electrons. The first-order valence-electron chi connectivity index (χ1n) is 4.99. The normalized spacial score (nSPS) is 10.6. The van der Waals surface area contributed by atoms with E-state index in [1.165, 1.54) is 13.2 Å². The maximum absolute atomic E-state index is 10.8. The van der Waals surface area contributed by atoms with Gasteiger partial charge >= 0.3 is 5.97 Å². The summed E-state index contributed by atoms with van der Waals surface area (Å²) in [5, 5.41) is 9.60. The molecule has 0 aliphatic carbocycles. The Labute approximate surface area is 92.4 Å². The third-order valence-corrected chi connectivity index (χ3v) is 2.48. The molecule has 0 bridgehead atoms. The van der Waals surface area contributed by atoms with Crippen LogP contribution in [0.3, 0.4) is 0 Å². The third kappa shape index (κ3) is 1.62. The highest BCUT2D eigenvalue weighted by molar-refractivity contribution is 5.93. The van der Waals surface area contributed by atoms with Crippen LogP contribution in [0.5, 0.6) is 5.75 Å². The summed E-state index contributed by atoms with van der Waals surface area (Å²) >= 11 is 0. The highest BCUT2D eigenvalue weighted by atomic mass is 16.5. The van der Waals surface area contributed by atoms with Crippen LogP contribution in [0.25, 0.3) is 11.0 Å². The van der Waals surface area contributed by atoms with E-state index in [0.29, 0.717) is 11.3 Å². The molecule has 0 aliphatic rings. The molecule has 0 atom stereocenters. The Bertz CT molecular complexity index is 539. The molecule has 16 heavy (non-hydrogen) atoms. The molecular formula is C12H12O4. The van der Waals surface area contributed by atoms with Gasteiger partial charge in [-0.15, -0.1) is 0 Å². The highest BCUT2D eigenvalue weighted by Gasteiger charge is 2.14. The van der Waals surface area contributed by atoms with Crippen LogP contribution in [-0.2, 0) is 6.42 Å². The molecule has 1 N–H and O–H groups in total. The lowest BCUT2D eigenvalue weighted by atomic mass is 10.1. The van der Waals surface area contributed by atoms with Crippen molar-refractivity contribution in [2.45, 2.75) is 13.3 Å². The first-order valence-corrected chi connectivity index (χ1v) is 4.99. The van der Waals surface area contributed by atoms with Gasteiger partial charge in [-0.2, -0.15) is 0 Å². The first kappa shape index (κ1) is 10.5. The van der Waals surface area contributed by atoms with Gasteiger partial charge in [0.15, 0.2) is 11.3 Å². The van der Waals surface area contributed by atoms with Gasteiger partial charge in [0, 0.05) is 5.39 Å². The Kier molecular flexibility index (Phi) is 2.56. The SMILES string of the molecule is CCc1cc(OC)c2oc(C(=O)O)cc2c1. The first-order chi connectivity index (χ1) is 7.65. The van der Waals surface area contributed by atoms with Crippen molar-refractivity contribution in [3.05, 3.63) is 29.5 Å². The van der Waals surface area contributed by atoms with Crippen LogP contribution in [0, 0.1) is 0 Å². The van der Waals surface area contributed by atoms with E-state index in [9.17, 15) is 4.79 Å². The molecule has 0 amide bonds. The number of carboxylic acids is 1. The molecule has 0 unspecified atom stereocenters. The van der Waals surface area contributed by atoms with E-state index in [4.69, 9.17) is 14.3 Å². The zero-order valence-corrected chi connectivity index (χ0v) is 9.11. The van der Waals surface area contributed by atoms with Gasteiger partial charge < -0.3 is 14.3 Å². The Hall–Kier alpha value is -1.97. The van der Waals surface area contributed by atoms with Crippen LogP contribution < -0.4 is 4.74 Å². The van der Waals surface area contributed by atoms with E-state index >= 15 is 0 Å². The van der Waals surface area contributed by atoms with Crippen LogP contribution in [0.1, 0.15) is 23.0 Å². The van der Waals surface area contributed by atoms with Crippen molar-refractivity contribution in [3.8, 4) is 5.75 Å². The van der Waals surface area contributed by atoms with Gasteiger partial charge in [0.05, 0.1) is 7.11 Å². The van der Waals surface area contributed by atoms with Crippen LogP contribution in [0.15, 0.2) is 22.6 Å². The van der Waals surface area contributed by atoms with Gasteiger partial charge in [-0.05, 0) is 30.2 Å². The van der Waals surface area contributed by atoms with E-state index in [1.807, 2.05) is 19.1 Å². The van der Waals surface area contributed by atoms with Crippen molar-refractivity contribution in [2.24, 2.45) is 0 Å². The lowest BCUT2D eigenvalue weighted by Crippen LogP contribution is -1.91. The second-order valence-electron chi connectivity index (χ2n) is 3.49. The minimum absolute atomic E-state index is 0.0680. The Morgan fingerprint density at radius 1 is 1.44 bits per heavy atom. The monoisotopic (exact) mass is 220 g/mol. The summed E-state index contributed by atoms with van der Waals surface area (Å²) in [4.78, 5) is 10.8. The molecule has 0 saturated heterocycles. The number of fused-ring (bicyclic) bond motifs is 1. The van der Waals surface area contributed by atoms with Crippen molar-refractivity contribution >= 4 is 16.9 Å². The molecular weight excluding hydrogens is 208 g/mol. The fourth-order valence-electron chi connectivity index (χ4n) is 1.64. The summed E-state index contributed by atoms with van der Waals surface area (Å²) in [5.74, 6) is -0.570. The maximum atomic E-state index is 10.8. The van der Waals surface area contributed by atoms with Crippen molar-refractivity contribution in [3.63, 3.8) is 0 Å². The van der Waals surface area contributed by atoms with Gasteiger partial charge in [-0.25, -0.2) is 4.79 Å². The molecule has 1 aromatic carbocycles. The minimum atomic E-state index is -1.07. The van der Waals surface area contributed by atoms with Crippen LogP contribution in [0.4, 0.5) is 0 Å².